The second-order valence-electron chi connectivity index (χ2n) is 5.33. The van der Waals surface area contributed by atoms with Crippen LogP contribution in [-0.2, 0) is 0 Å². The summed E-state index contributed by atoms with van der Waals surface area (Å²) in [5.41, 5.74) is 1.44. The first-order valence-electron chi connectivity index (χ1n) is 6.55. The molecule has 1 aromatic rings. The monoisotopic (exact) mass is 233 g/mol. The Morgan fingerprint density at radius 2 is 1.88 bits per heavy atom. The van der Waals surface area contributed by atoms with Crippen molar-refractivity contribution >= 4 is 0 Å². The average Bonchev–Trinajstić information content (AvgIpc) is 2.29. The smallest absolute Gasteiger partial charge is 0.119 e. The van der Waals surface area contributed by atoms with Gasteiger partial charge in [0.25, 0.3) is 0 Å². The highest BCUT2D eigenvalue weighted by Gasteiger charge is 2.37. The van der Waals surface area contributed by atoms with E-state index in [1.807, 2.05) is 0 Å². The summed E-state index contributed by atoms with van der Waals surface area (Å²) in [6.45, 7) is 6.44. The van der Waals surface area contributed by atoms with Crippen molar-refractivity contribution in [2.24, 2.45) is 5.92 Å². The molecule has 0 bridgehead atoms. The first-order chi connectivity index (χ1) is 8.11. The predicted octanol–water partition coefficient (Wildman–Crippen LogP) is 3.19. The topological polar surface area (TPSA) is 21.3 Å². The van der Waals surface area contributed by atoms with E-state index in [1.54, 1.807) is 0 Å². The van der Waals surface area contributed by atoms with Crippen molar-refractivity contribution in [2.45, 2.75) is 45.3 Å². The summed E-state index contributed by atoms with van der Waals surface area (Å²) in [7, 11) is 2.05. The summed E-state index contributed by atoms with van der Waals surface area (Å²) >= 11 is 0. The molecule has 94 valence electrons. The summed E-state index contributed by atoms with van der Waals surface area (Å²) in [4.78, 5) is 0. The van der Waals surface area contributed by atoms with E-state index < -0.39 is 0 Å². The molecule has 0 aliphatic heterocycles. The standard InChI is InChI=1S/C15H23NO/c1-10(2)17-13-7-5-12(6-8-13)14-9-15(16-4)11(14)3/h5-8,10-11,14-16H,9H2,1-4H3. The zero-order valence-corrected chi connectivity index (χ0v) is 11.2. The molecule has 2 nitrogen and oxygen atoms in total. The van der Waals surface area contributed by atoms with Crippen LogP contribution >= 0.6 is 0 Å². The summed E-state index contributed by atoms with van der Waals surface area (Å²) in [5.74, 6) is 2.42. The molecule has 0 spiro atoms. The van der Waals surface area contributed by atoms with Crippen LogP contribution in [0.4, 0.5) is 0 Å². The molecule has 0 amide bonds. The molecule has 1 N–H and O–H groups in total. The molecule has 3 unspecified atom stereocenters. The van der Waals surface area contributed by atoms with Crippen molar-refractivity contribution < 1.29 is 4.74 Å². The first-order valence-corrected chi connectivity index (χ1v) is 6.55. The molecule has 0 saturated heterocycles. The quantitative estimate of drug-likeness (QED) is 0.862. The van der Waals surface area contributed by atoms with Crippen molar-refractivity contribution in [1.29, 1.82) is 0 Å². The molecule has 1 aliphatic rings. The number of rotatable bonds is 4. The van der Waals surface area contributed by atoms with Gasteiger partial charge in [0, 0.05) is 6.04 Å². The van der Waals surface area contributed by atoms with Crippen molar-refractivity contribution in [3.05, 3.63) is 29.8 Å². The lowest BCUT2D eigenvalue weighted by Crippen LogP contribution is -2.46. The highest BCUT2D eigenvalue weighted by molar-refractivity contribution is 5.31. The lowest BCUT2D eigenvalue weighted by atomic mass is 9.67. The third kappa shape index (κ3) is 2.63. The van der Waals surface area contributed by atoms with Crippen LogP contribution in [0, 0.1) is 5.92 Å². The maximum Gasteiger partial charge on any atom is 0.119 e. The SMILES string of the molecule is CNC1CC(c2ccc(OC(C)C)cc2)C1C. The fraction of sp³-hybridized carbons (Fsp3) is 0.600. The van der Waals surface area contributed by atoms with Crippen LogP contribution in [0.15, 0.2) is 24.3 Å². The highest BCUT2D eigenvalue weighted by atomic mass is 16.5. The van der Waals surface area contributed by atoms with Crippen LogP contribution in [-0.4, -0.2) is 19.2 Å². The Morgan fingerprint density at radius 1 is 1.24 bits per heavy atom. The molecule has 0 aromatic heterocycles. The summed E-state index contributed by atoms with van der Waals surface area (Å²) in [6.07, 6.45) is 1.50. The van der Waals surface area contributed by atoms with E-state index in [4.69, 9.17) is 4.74 Å². The fourth-order valence-corrected chi connectivity index (χ4v) is 2.67. The van der Waals surface area contributed by atoms with Gasteiger partial charge in [0.05, 0.1) is 6.10 Å². The third-order valence-corrected chi connectivity index (χ3v) is 3.83. The van der Waals surface area contributed by atoms with Gasteiger partial charge in [-0.05, 0) is 56.8 Å². The molecular weight excluding hydrogens is 210 g/mol. The van der Waals surface area contributed by atoms with E-state index in [2.05, 4.69) is 57.4 Å². The molecule has 2 heteroatoms. The Balaban J connectivity index is 1.99. The largest absolute Gasteiger partial charge is 0.491 e. The van der Waals surface area contributed by atoms with Crippen LogP contribution in [0.5, 0.6) is 5.75 Å². The zero-order valence-electron chi connectivity index (χ0n) is 11.2. The number of hydrogen-bond acceptors (Lipinski definition) is 2. The minimum Gasteiger partial charge on any atom is -0.491 e. The van der Waals surface area contributed by atoms with Gasteiger partial charge in [0.2, 0.25) is 0 Å². The maximum atomic E-state index is 5.66. The van der Waals surface area contributed by atoms with Gasteiger partial charge in [0.15, 0.2) is 0 Å². The van der Waals surface area contributed by atoms with Crippen LogP contribution in [0.3, 0.4) is 0 Å². The molecule has 1 saturated carbocycles. The van der Waals surface area contributed by atoms with E-state index in [9.17, 15) is 0 Å². The number of ether oxygens (including phenoxy) is 1. The van der Waals surface area contributed by atoms with E-state index >= 15 is 0 Å². The molecule has 3 atom stereocenters. The van der Waals surface area contributed by atoms with E-state index in [0.29, 0.717) is 12.0 Å². The van der Waals surface area contributed by atoms with Gasteiger partial charge in [0.1, 0.15) is 5.75 Å². The van der Waals surface area contributed by atoms with Crippen molar-refractivity contribution in [1.82, 2.24) is 5.32 Å². The molecule has 2 rings (SSSR count). The molecular formula is C15H23NO. The van der Waals surface area contributed by atoms with E-state index in [0.717, 1.165) is 11.7 Å². The van der Waals surface area contributed by atoms with Crippen molar-refractivity contribution in [3.63, 3.8) is 0 Å². The van der Waals surface area contributed by atoms with Gasteiger partial charge in [-0.2, -0.15) is 0 Å². The zero-order chi connectivity index (χ0) is 12.4. The van der Waals surface area contributed by atoms with E-state index in [-0.39, 0.29) is 6.10 Å². The minimum absolute atomic E-state index is 0.247. The average molecular weight is 233 g/mol. The van der Waals surface area contributed by atoms with Gasteiger partial charge in [-0.1, -0.05) is 19.1 Å². The van der Waals surface area contributed by atoms with Crippen LogP contribution in [0.2, 0.25) is 0 Å². The van der Waals surface area contributed by atoms with Gasteiger partial charge in [-0.25, -0.2) is 0 Å². The summed E-state index contributed by atoms with van der Waals surface area (Å²) in [5, 5.41) is 3.36. The van der Waals surface area contributed by atoms with Gasteiger partial charge in [-0.3, -0.25) is 0 Å². The van der Waals surface area contributed by atoms with Crippen LogP contribution < -0.4 is 10.1 Å². The molecule has 1 fully saturated rings. The summed E-state index contributed by atoms with van der Waals surface area (Å²) in [6, 6.07) is 9.30. The Hall–Kier alpha value is -1.02. The minimum atomic E-state index is 0.247. The lowest BCUT2D eigenvalue weighted by Gasteiger charge is -2.43. The Labute approximate surface area is 104 Å². The highest BCUT2D eigenvalue weighted by Crippen LogP contribution is 2.42. The van der Waals surface area contributed by atoms with Crippen LogP contribution in [0.1, 0.15) is 38.7 Å². The summed E-state index contributed by atoms with van der Waals surface area (Å²) < 4.78 is 5.66. The third-order valence-electron chi connectivity index (χ3n) is 3.83. The molecule has 0 radical (unpaired) electrons. The lowest BCUT2D eigenvalue weighted by molar-refractivity contribution is 0.194. The molecule has 1 aliphatic carbocycles. The predicted molar refractivity (Wildman–Crippen MR) is 71.6 cm³/mol. The molecule has 17 heavy (non-hydrogen) atoms. The van der Waals surface area contributed by atoms with Crippen molar-refractivity contribution in [3.8, 4) is 5.75 Å². The van der Waals surface area contributed by atoms with E-state index in [1.165, 1.54) is 12.0 Å². The van der Waals surface area contributed by atoms with Crippen LogP contribution in [0.25, 0.3) is 0 Å². The first kappa shape index (κ1) is 12.4. The van der Waals surface area contributed by atoms with Gasteiger partial charge < -0.3 is 10.1 Å². The Morgan fingerprint density at radius 3 is 2.35 bits per heavy atom. The van der Waals surface area contributed by atoms with Crippen molar-refractivity contribution in [2.75, 3.05) is 7.05 Å². The second-order valence-corrected chi connectivity index (χ2v) is 5.33. The number of hydrogen-bond donors (Lipinski definition) is 1. The van der Waals surface area contributed by atoms with Gasteiger partial charge >= 0.3 is 0 Å². The maximum absolute atomic E-state index is 5.66. The number of nitrogens with one attached hydrogen (secondary N) is 1. The van der Waals surface area contributed by atoms with Gasteiger partial charge in [-0.15, -0.1) is 0 Å². The molecule has 1 aromatic carbocycles. The Kier molecular flexibility index (Phi) is 3.72. The fourth-order valence-electron chi connectivity index (χ4n) is 2.67. The Bertz CT molecular complexity index is 358. The molecule has 0 heterocycles. The number of benzene rings is 1. The normalized spacial score (nSPS) is 27.9. The second kappa shape index (κ2) is 5.09.